The van der Waals surface area contributed by atoms with Crippen LogP contribution in [0.5, 0.6) is 0 Å². The summed E-state index contributed by atoms with van der Waals surface area (Å²) in [4.78, 5) is 33.8. The Hall–Kier alpha value is -1.47. The van der Waals surface area contributed by atoms with Crippen molar-refractivity contribution < 1.29 is 14.7 Å². The number of nitrogens with zero attached hydrogens (tertiary/aromatic N) is 3. The van der Waals surface area contributed by atoms with E-state index in [1.807, 2.05) is 22.1 Å². The first kappa shape index (κ1) is 17.9. The topological polar surface area (TPSA) is 73.7 Å². The highest BCUT2D eigenvalue weighted by molar-refractivity contribution is 7.09. The van der Waals surface area contributed by atoms with Crippen molar-refractivity contribution in [2.24, 2.45) is 11.3 Å². The molecule has 1 saturated carbocycles. The lowest BCUT2D eigenvalue weighted by atomic mass is 9.70. The number of hydrogen-bond acceptors (Lipinski definition) is 5. The highest BCUT2D eigenvalue weighted by Gasteiger charge is 2.49. The molecule has 1 atom stereocenters. The highest BCUT2D eigenvalue weighted by Crippen LogP contribution is 2.42. The molecule has 1 unspecified atom stereocenters. The van der Waals surface area contributed by atoms with Gasteiger partial charge in [-0.15, -0.1) is 11.3 Å². The number of aliphatic hydroxyl groups excluding tert-OH is 1. The van der Waals surface area contributed by atoms with E-state index in [0.29, 0.717) is 51.2 Å². The quantitative estimate of drug-likeness (QED) is 0.865. The Balaban J connectivity index is 1.38. The standard InChI is InChI=1S/C19H27N3O3S/c1-13-20-15(12-26-13)8-17(24)21-6-4-19(5-7-21)9-16(23)11-22(18(19)25)10-14-2-3-14/h12,14,16,23H,2-11H2,1H3. The molecule has 26 heavy (non-hydrogen) atoms. The molecule has 7 heteroatoms. The summed E-state index contributed by atoms with van der Waals surface area (Å²) in [5, 5.41) is 13.3. The molecule has 2 saturated heterocycles. The van der Waals surface area contributed by atoms with Crippen LogP contribution < -0.4 is 0 Å². The van der Waals surface area contributed by atoms with Crippen LogP contribution in [-0.4, -0.2) is 64.0 Å². The largest absolute Gasteiger partial charge is 0.391 e. The van der Waals surface area contributed by atoms with Gasteiger partial charge in [0.25, 0.3) is 0 Å². The summed E-state index contributed by atoms with van der Waals surface area (Å²) in [6.45, 7) is 4.40. The van der Waals surface area contributed by atoms with Gasteiger partial charge in [0.05, 0.1) is 28.6 Å². The molecule has 3 aliphatic rings. The molecule has 0 radical (unpaired) electrons. The number of amides is 2. The summed E-state index contributed by atoms with van der Waals surface area (Å²) < 4.78 is 0. The first-order valence-electron chi connectivity index (χ1n) is 9.61. The number of carbonyl (C=O) groups is 2. The number of rotatable bonds is 4. The number of aromatic nitrogens is 1. The van der Waals surface area contributed by atoms with E-state index in [1.54, 1.807) is 11.3 Å². The zero-order valence-electron chi connectivity index (χ0n) is 15.3. The molecule has 6 nitrogen and oxygen atoms in total. The molecule has 1 N–H and O–H groups in total. The summed E-state index contributed by atoms with van der Waals surface area (Å²) in [5.41, 5.74) is 0.359. The van der Waals surface area contributed by atoms with Crippen molar-refractivity contribution in [3.05, 3.63) is 16.1 Å². The van der Waals surface area contributed by atoms with Crippen LogP contribution in [0.25, 0.3) is 0 Å². The maximum Gasteiger partial charge on any atom is 0.229 e. The van der Waals surface area contributed by atoms with Gasteiger partial charge in [-0.3, -0.25) is 9.59 Å². The van der Waals surface area contributed by atoms with E-state index >= 15 is 0 Å². The lowest BCUT2D eigenvalue weighted by Crippen LogP contribution is -2.58. The predicted octanol–water partition coefficient (Wildman–Crippen LogP) is 1.61. The summed E-state index contributed by atoms with van der Waals surface area (Å²) >= 11 is 1.56. The smallest absolute Gasteiger partial charge is 0.229 e. The van der Waals surface area contributed by atoms with Gasteiger partial charge < -0.3 is 14.9 Å². The number of thiazole rings is 1. The van der Waals surface area contributed by atoms with Gasteiger partial charge in [0.1, 0.15) is 0 Å². The normalized spacial score (nSPS) is 25.8. The molecule has 0 aromatic carbocycles. The third kappa shape index (κ3) is 3.64. The van der Waals surface area contributed by atoms with Crippen molar-refractivity contribution in [1.29, 1.82) is 0 Å². The lowest BCUT2D eigenvalue weighted by Gasteiger charge is -2.48. The number of likely N-dealkylation sites (tertiary alicyclic amines) is 2. The lowest BCUT2D eigenvalue weighted by molar-refractivity contribution is -0.158. The third-order valence-electron chi connectivity index (χ3n) is 6.05. The molecule has 3 fully saturated rings. The number of β-amino-alcohol motifs (C(OH)–C–C–N with tert-alkyl or cyclic N) is 1. The monoisotopic (exact) mass is 377 g/mol. The SMILES string of the molecule is Cc1nc(CC(=O)N2CCC3(CC2)CC(O)CN(CC2CC2)C3=O)cs1. The van der Waals surface area contributed by atoms with Crippen molar-refractivity contribution in [1.82, 2.24) is 14.8 Å². The van der Waals surface area contributed by atoms with Gasteiger partial charge in [-0.2, -0.15) is 0 Å². The molecule has 1 aliphatic carbocycles. The van der Waals surface area contributed by atoms with E-state index in [-0.39, 0.29) is 11.8 Å². The molecule has 1 aromatic heterocycles. The average Bonchev–Trinajstić information content (AvgIpc) is 3.33. The van der Waals surface area contributed by atoms with Crippen LogP contribution in [0.1, 0.15) is 42.8 Å². The van der Waals surface area contributed by atoms with Crippen LogP contribution in [0.2, 0.25) is 0 Å². The van der Waals surface area contributed by atoms with Crippen molar-refractivity contribution in [3.8, 4) is 0 Å². The van der Waals surface area contributed by atoms with E-state index in [4.69, 9.17) is 0 Å². The summed E-state index contributed by atoms with van der Waals surface area (Å²) in [6, 6.07) is 0. The van der Waals surface area contributed by atoms with Crippen LogP contribution in [0, 0.1) is 18.3 Å². The molecular weight excluding hydrogens is 350 g/mol. The minimum Gasteiger partial charge on any atom is -0.391 e. The summed E-state index contributed by atoms with van der Waals surface area (Å²) in [7, 11) is 0. The maximum atomic E-state index is 13.1. The van der Waals surface area contributed by atoms with Crippen molar-refractivity contribution >= 4 is 23.2 Å². The molecule has 2 amide bonds. The van der Waals surface area contributed by atoms with Gasteiger partial charge in [-0.1, -0.05) is 0 Å². The fourth-order valence-corrected chi connectivity index (χ4v) is 5.02. The van der Waals surface area contributed by atoms with Crippen LogP contribution >= 0.6 is 11.3 Å². The van der Waals surface area contributed by atoms with Crippen LogP contribution in [-0.2, 0) is 16.0 Å². The highest BCUT2D eigenvalue weighted by atomic mass is 32.1. The Bertz CT molecular complexity index is 690. The maximum absolute atomic E-state index is 13.1. The van der Waals surface area contributed by atoms with E-state index in [1.165, 1.54) is 12.8 Å². The molecule has 142 valence electrons. The Labute approximate surface area is 158 Å². The Morgan fingerprint density at radius 1 is 1.38 bits per heavy atom. The predicted molar refractivity (Wildman–Crippen MR) is 98.7 cm³/mol. The second kappa shape index (κ2) is 6.93. The minimum atomic E-state index is -0.472. The van der Waals surface area contributed by atoms with Gasteiger partial charge in [0.2, 0.25) is 11.8 Å². The van der Waals surface area contributed by atoms with Crippen LogP contribution in [0.4, 0.5) is 0 Å². The third-order valence-corrected chi connectivity index (χ3v) is 6.87. The Morgan fingerprint density at radius 2 is 2.12 bits per heavy atom. The molecule has 4 rings (SSSR count). The van der Waals surface area contributed by atoms with Gasteiger partial charge in [-0.25, -0.2) is 4.98 Å². The van der Waals surface area contributed by atoms with E-state index in [9.17, 15) is 14.7 Å². The van der Waals surface area contributed by atoms with Crippen LogP contribution in [0.3, 0.4) is 0 Å². The molecule has 1 spiro atoms. The first-order valence-corrected chi connectivity index (χ1v) is 10.5. The average molecular weight is 378 g/mol. The number of aryl methyl sites for hydroxylation is 1. The van der Waals surface area contributed by atoms with Gasteiger partial charge in [-0.05, 0) is 44.9 Å². The number of aliphatic hydroxyl groups is 1. The summed E-state index contributed by atoms with van der Waals surface area (Å²) in [6.07, 6.45) is 4.16. The number of carbonyl (C=O) groups excluding carboxylic acids is 2. The van der Waals surface area contributed by atoms with Crippen molar-refractivity contribution in [3.63, 3.8) is 0 Å². The second-order valence-corrected chi connectivity index (χ2v) is 9.27. The Morgan fingerprint density at radius 3 is 2.73 bits per heavy atom. The van der Waals surface area contributed by atoms with E-state index in [0.717, 1.165) is 17.2 Å². The second-order valence-electron chi connectivity index (χ2n) is 8.21. The molecule has 1 aromatic rings. The fraction of sp³-hybridized carbons (Fsp3) is 0.737. The van der Waals surface area contributed by atoms with Gasteiger partial charge >= 0.3 is 0 Å². The van der Waals surface area contributed by atoms with Crippen molar-refractivity contribution in [2.45, 2.75) is 51.6 Å². The molecule has 2 aliphatic heterocycles. The minimum absolute atomic E-state index is 0.0868. The molecule has 0 bridgehead atoms. The fourth-order valence-electron chi connectivity index (χ4n) is 4.40. The van der Waals surface area contributed by atoms with E-state index < -0.39 is 11.5 Å². The van der Waals surface area contributed by atoms with Crippen molar-refractivity contribution in [2.75, 3.05) is 26.2 Å². The first-order chi connectivity index (χ1) is 12.4. The number of hydrogen-bond donors (Lipinski definition) is 1. The zero-order chi connectivity index (χ0) is 18.3. The van der Waals surface area contributed by atoms with Crippen LogP contribution in [0.15, 0.2) is 5.38 Å². The van der Waals surface area contributed by atoms with Gasteiger partial charge in [0, 0.05) is 31.6 Å². The van der Waals surface area contributed by atoms with Gasteiger partial charge in [0.15, 0.2) is 0 Å². The number of piperidine rings is 2. The summed E-state index contributed by atoms with van der Waals surface area (Å²) in [5.74, 6) is 0.922. The Kier molecular flexibility index (Phi) is 4.77. The molecule has 3 heterocycles. The molecular formula is C19H27N3O3S. The zero-order valence-corrected chi connectivity index (χ0v) is 16.1. The van der Waals surface area contributed by atoms with E-state index in [2.05, 4.69) is 4.98 Å².